The second-order valence-electron chi connectivity index (χ2n) is 4.80. The Bertz CT molecular complexity index is 660. The van der Waals surface area contributed by atoms with Crippen LogP contribution in [0.25, 0.3) is 0 Å². The Morgan fingerprint density at radius 2 is 1.35 bits per heavy atom. The minimum atomic E-state index is -3.58. The summed E-state index contributed by atoms with van der Waals surface area (Å²) in [4.78, 5) is 0. The molecule has 0 saturated heterocycles. The molecule has 0 saturated carbocycles. The van der Waals surface area contributed by atoms with E-state index in [0.29, 0.717) is 22.6 Å². The first-order chi connectivity index (χ1) is 11.1. The van der Waals surface area contributed by atoms with E-state index in [-0.39, 0.29) is 19.4 Å². The zero-order chi connectivity index (χ0) is 16.7. The molecule has 0 spiro atoms. The van der Waals surface area contributed by atoms with E-state index in [2.05, 4.69) is 6.58 Å². The number of para-hydroxylation sites is 2. The maximum Gasteiger partial charge on any atom is 0.434 e. The van der Waals surface area contributed by atoms with Gasteiger partial charge in [-0.1, -0.05) is 42.5 Å². The molecule has 0 fully saturated rings. The van der Waals surface area contributed by atoms with Gasteiger partial charge in [0.05, 0.1) is 19.4 Å². The molecule has 0 aromatic heterocycles. The molecule has 0 heterocycles. The molecule has 23 heavy (non-hydrogen) atoms. The van der Waals surface area contributed by atoms with Crippen molar-refractivity contribution in [3.8, 4) is 11.5 Å². The predicted octanol–water partition coefficient (Wildman–Crippen LogP) is 3.51. The van der Waals surface area contributed by atoms with Crippen LogP contribution in [0.3, 0.4) is 0 Å². The standard InChI is InChI=1S/C17H19O5P/c1-2-11-23(20,21-16-9-5-3-7-14(16)12-18)22-17-10-6-4-8-15(17)13-19/h2-10,18-19H,1,11-13H2. The van der Waals surface area contributed by atoms with Crippen LogP contribution >= 0.6 is 7.60 Å². The van der Waals surface area contributed by atoms with Gasteiger partial charge in [0.15, 0.2) is 0 Å². The van der Waals surface area contributed by atoms with E-state index < -0.39 is 7.60 Å². The summed E-state index contributed by atoms with van der Waals surface area (Å²) in [6.07, 6.45) is 1.44. The highest BCUT2D eigenvalue weighted by molar-refractivity contribution is 7.54. The fourth-order valence-electron chi connectivity index (χ4n) is 2.00. The predicted molar refractivity (Wildman–Crippen MR) is 88.7 cm³/mol. The molecular weight excluding hydrogens is 315 g/mol. The first-order valence-electron chi connectivity index (χ1n) is 7.08. The summed E-state index contributed by atoms with van der Waals surface area (Å²) < 4.78 is 24.2. The molecule has 2 rings (SSSR count). The lowest BCUT2D eigenvalue weighted by atomic mass is 10.2. The van der Waals surface area contributed by atoms with Crippen LogP contribution < -0.4 is 9.05 Å². The normalized spacial score (nSPS) is 11.0. The van der Waals surface area contributed by atoms with Crippen molar-refractivity contribution in [3.63, 3.8) is 0 Å². The molecule has 2 aromatic rings. The van der Waals surface area contributed by atoms with Gasteiger partial charge in [-0.2, -0.15) is 0 Å². The molecule has 122 valence electrons. The molecule has 5 nitrogen and oxygen atoms in total. The molecule has 0 aliphatic heterocycles. The van der Waals surface area contributed by atoms with Crippen LogP contribution in [0.2, 0.25) is 0 Å². The number of hydrogen-bond donors (Lipinski definition) is 2. The average molecular weight is 334 g/mol. The fraction of sp³-hybridized carbons (Fsp3) is 0.176. The first-order valence-corrected chi connectivity index (χ1v) is 8.81. The third-order valence-electron chi connectivity index (χ3n) is 3.11. The number of aliphatic hydroxyl groups excluding tert-OH is 2. The van der Waals surface area contributed by atoms with Gasteiger partial charge >= 0.3 is 7.60 Å². The second-order valence-corrected chi connectivity index (χ2v) is 6.75. The molecule has 0 aliphatic carbocycles. The van der Waals surface area contributed by atoms with E-state index in [1.165, 1.54) is 6.08 Å². The highest BCUT2D eigenvalue weighted by atomic mass is 31.2. The number of aliphatic hydroxyl groups is 2. The van der Waals surface area contributed by atoms with E-state index in [9.17, 15) is 14.8 Å². The number of benzene rings is 2. The Kier molecular flexibility index (Phi) is 5.99. The maximum atomic E-state index is 13.0. The molecule has 0 aliphatic rings. The molecule has 0 unspecified atom stereocenters. The highest BCUT2D eigenvalue weighted by Crippen LogP contribution is 2.49. The van der Waals surface area contributed by atoms with Crippen molar-refractivity contribution in [1.29, 1.82) is 0 Å². The van der Waals surface area contributed by atoms with Gasteiger partial charge in [-0.15, -0.1) is 6.58 Å². The monoisotopic (exact) mass is 334 g/mol. The number of rotatable bonds is 8. The van der Waals surface area contributed by atoms with Crippen molar-refractivity contribution in [3.05, 3.63) is 72.3 Å². The van der Waals surface area contributed by atoms with E-state index in [0.717, 1.165) is 0 Å². The average Bonchev–Trinajstić information content (AvgIpc) is 2.56. The van der Waals surface area contributed by atoms with Crippen molar-refractivity contribution in [2.24, 2.45) is 0 Å². The third-order valence-corrected chi connectivity index (χ3v) is 4.77. The van der Waals surface area contributed by atoms with Crippen molar-refractivity contribution < 1.29 is 23.8 Å². The second kappa shape index (κ2) is 7.97. The Balaban J connectivity index is 2.32. The molecular formula is C17H19O5P. The largest absolute Gasteiger partial charge is 0.434 e. The Hall–Kier alpha value is -2.07. The Labute approximate surface area is 135 Å². The summed E-state index contributed by atoms with van der Waals surface area (Å²) in [7, 11) is -3.58. The maximum absolute atomic E-state index is 13.0. The van der Waals surface area contributed by atoms with Gasteiger partial charge < -0.3 is 19.3 Å². The van der Waals surface area contributed by atoms with Gasteiger partial charge in [0.1, 0.15) is 11.5 Å². The van der Waals surface area contributed by atoms with Crippen molar-refractivity contribution in [1.82, 2.24) is 0 Å². The van der Waals surface area contributed by atoms with Crippen LogP contribution in [-0.4, -0.2) is 16.4 Å². The van der Waals surface area contributed by atoms with Gasteiger partial charge in [0.2, 0.25) is 0 Å². The van der Waals surface area contributed by atoms with Gasteiger partial charge in [-0.3, -0.25) is 0 Å². The van der Waals surface area contributed by atoms with Crippen LogP contribution in [0.1, 0.15) is 11.1 Å². The van der Waals surface area contributed by atoms with Gasteiger partial charge in [0.25, 0.3) is 0 Å². The topological polar surface area (TPSA) is 76.0 Å². The smallest absolute Gasteiger partial charge is 0.415 e. The summed E-state index contributed by atoms with van der Waals surface area (Å²) in [6.45, 7) is 3.11. The van der Waals surface area contributed by atoms with Crippen LogP contribution in [0.5, 0.6) is 11.5 Å². The number of allylic oxidation sites excluding steroid dienone is 1. The third kappa shape index (κ3) is 4.45. The molecule has 6 heteroatoms. The minimum Gasteiger partial charge on any atom is -0.415 e. The van der Waals surface area contributed by atoms with Gasteiger partial charge in [-0.05, 0) is 12.1 Å². The minimum absolute atomic E-state index is 0.00741. The molecule has 2 aromatic carbocycles. The van der Waals surface area contributed by atoms with Crippen molar-refractivity contribution in [2.45, 2.75) is 13.2 Å². The summed E-state index contributed by atoms with van der Waals surface area (Å²) in [5.41, 5.74) is 1.02. The van der Waals surface area contributed by atoms with E-state index >= 15 is 0 Å². The first kappa shape index (κ1) is 17.3. The summed E-state index contributed by atoms with van der Waals surface area (Å²) in [6, 6.07) is 13.5. The SMILES string of the molecule is C=CCP(=O)(Oc1ccccc1CO)Oc1ccccc1CO. The summed E-state index contributed by atoms with van der Waals surface area (Å²) in [5.74, 6) is 0.586. The summed E-state index contributed by atoms with van der Waals surface area (Å²) >= 11 is 0. The molecule has 0 atom stereocenters. The fourth-order valence-corrected chi connectivity index (χ4v) is 3.46. The molecule has 0 amide bonds. The van der Waals surface area contributed by atoms with Gasteiger partial charge in [0, 0.05) is 11.1 Å². The van der Waals surface area contributed by atoms with Crippen LogP contribution in [0.4, 0.5) is 0 Å². The van der Waals surface area contributed by atoms with E-state index in [1.54, 1.807) is 48.5 Å². The van der Waals surface area contributed by atoms with E-state index in [1.807, 2.05) is 0 Å². The molecule has 0 radical (unpaired) electrons. The lowest BCUT2D eigenvalue weighted by molar-refractivity contribution is 0.274. The quantitative estimate of drug-likeness (QED) is 0.571. The lowest BCUT2D eigenvalue weighted by Gasteiger charge is -2.21. The van der Waals surface area contributed by atoms with Crippen LogP contribution in [0, 0.1) is 0 Å². The van der Waals surface area contributed by atoms with Crippen molar-refractivity contribution in [2.75, 3.05) is 6.16 Å². The number of hydrogen-bond acceptors (Lipinski definition) is 5. The van der Waals surface area contributed by atoms with Crippen LogP contribution in [-0.2, 0) is 17.8 Å². The van der Waals surface area contributed by atoms with Crippen molar-refractivity contribution >= 4 is 7.60 Å². The van der Waals surface area contributed by atoms with Crippen LogP contribution in [0.15, 0.2) is 61.2 Å². The summed E-state index contributed by atoms with van der Waals surface area (Å²) in [5, 5.41) is 18.7. The zero-order valence-electron chi connectivity index (χ0n) is 12.6. The molecule has 0 bridgehead atoms. The zero-order valence-corrected chi connectivity index (χ0v) is 13.5. The molecule has 2 N–H and O–H groups in total. The van der Waals surface area contributed by atoms with Gasteiger partial charge in [-0.25, -0.2) is 4.57 Å². The Morgan fingerprint density at radius 3 is 1.74 bits per heavy atom. The Morgan fingerprint density at radius 1 is 0.913 bits per heavy atom. The van der Waals surface area contributed by atoms with E-state index in [4.69, 9.17) is 9.05 Å². The lowest BCUT2D eigenvalue weighted by Crippen LogP contribution is -2.06. The highest BCUT2D eigenvalue weighted by Gasteiger charge is 2.28.